The molecular formula is C11H23NO. The third-order valence-corrected chi connectivity index (χ3v) is 3.15. The first-order valence-corrected chi connectivity index (χ1v) is 5.63. The topological polar surface area (TPSA) is 32.3 Å². The van der Waals surface area contributed by atoms with Crippen molar-refractivity contribution in [3.05, 3.63) is 0 Å². The number of rotatable bonds is 4. The van der Waals surface area contributed by atoms with E-state index >= 15 is 0 Å². The van der Waals surface area contributed by atoms with Crippen molar-refractivity contribution in [2.45, 2.75) is 58.1 Å². The van der Waals surface area contributed by atoms with E-state index in [0.717, 1.165) is 38.1 Å². The van der Waals surface area contributed by atoms with E-state index in [9.17, 15) is 5.11 Å². The molecule has 2 heteroatoms. The Morgan fingerprint density at radius 2 is 1.92 bits per heavy atom. The van der Waals surface area contributed by atoms with Gasteiger partial charge in [0.15, 0.2) is 0 Å². The first-order chi connectivity index (χ1) is 6.22. The van der Waals surface area contributed by atoms with Crippen LogP contribution in [0.4, 0.5) is 0 Å². The minimum Gasteiger partial charge on any atom is -0.393 e. The summed E-state index contributed by atoms with van der Waals surface area (Å²) in [6.45, 7) is 5.65. The summed E-state index contributed by atoms with van der Waals surface area (Å²) in [6, 6.07) is 0.664. The highest BCUT2D eigenvalue weighted by atomic mass is 16.3. The van der Waals surface area contributed by atoms with Crippen molar-refractivity contribution in [2.24, 2.45) is 5.92 Å². The molecular weight excluding hydrogens is 162 g/mol. The molecule has 1 rings (SSSR count). The van der Waals surface area contributed by atoms with Crippen molar-refractivity contribution in [1.29, 1.82) is 0 Å². The zero-order valence-corrected chi connectivity index (χ0v) is 8.92. The fourth-order valence-electron chi connectivity index (χ4n) is 1.79. The summed E-state index contributed by atoms with van der Waals surface area (Å²) in [5.41, 5.74) is 0. The van der Waals surface area contributed by atoms with Crippen LogP contribution < -0.4 is 5.32 Å². The van der Waals surface area contributed by atoms with Gasteiger partial charge in [0.25, 0.3) is 0 Å². The summed E-state index contributed by atoms with van der Waals surface area (Å²) in [4.78, 5) is 0. The molecule has 0 amide bonds. The van der Waals surface area contributed by atoms with Gasteiger partial charge in [0.05, 0.1) is 6.10 Å². The molecule has 1 saturated carbocycles. The second-order valence-corrected chi connectivity index (χ2v) is 4.43. The lowest BCUT2D eigenvalue weighted by atomic mass is 9.93. The highest BCUT2D eigenvalue weighted by Gasteiger charge is 2.18. The van der Waals surface area contributed by atoms with Crippen molar-refractivity contribution < 1.29 is 5.11 Å². The minimum atomic E-state index is -0.0263. The monoisotopic (exact) mass is 185 g/mol. The highest BCUT2D eigenvalue weighted by molar-refractivity contribution is 4.76. The molecule has 0 aromatic carbocycles. The number of nitrogens with one attached hydrogen (secondary N) is 1. The normalized spacial score (nSPS) is 31.6. The van der Waals surface area contributed by atoms with Crippen LogP contribution in [0.1, 0.15) is 46.0 Å². The molecule has 1 unspecified atom stereocenters. The maximum Gasteiger partial charge on any atom is 0.0541 e. The largest absolute Gasteiger partial charge is 0.393 e. The molecule has 0 bridgehead atoms. The Hall–Kier alpha value is -0.0800. The quantitative estimate of drug-likeness (QED) is 0.701. The third-order valence-electron chi connectivity index (χ3n) is 3.15. The molecule has 1 atom stereocenters. The van der Waals surface area contributed by atoms with Crippen LogP contribution in [0, 0.1) is 5.92 Å². The van der Waals surface area contributed by atoms with Crippen molar-refractivity contribution in [2.75, 3.05) is 6.54 Å². The van der Waals surface area contributed by atoms with Gasteiger partial charge in [-0.25, -0.2) is 0 Å². The van der Waals surface area contributed by atoms with E-state index in [0.29, 0.717) is 6.04 Å². The Bertz CT molecular complexity index is 130. The Labute approximate surface area is 81.7 Å². The molecule has 0 heterocycles. The molecule has 1 aliphatic carbocycles. The molecule has 1 fully saturated rings. The maximum absolute atomic E-state index is 9.32. The number of hydrogen-bond acceptors (Lipinski definition) is 2. The molecule has 0 aliphatic heterocycles. The van der Waals surface area contributed by atoms with Crippen LogP contribution >= 0.6 is 0 Å². The van der Waals surface area contributed by atoms with Gasteiger partial charge in [-0.15, -0.1) is 0 Å². The fraction of sp³-hybridized carbons (Fsp3) is 1.00. The average Bonchev–Trinajstić information content (AvgIpc) is 2.16. The van der Waals surface area contributed by atoms with E-state index in [-0.39, 0.29) is 6.10 Å². The van der Waals surface area contributed by atoms with Crippen LogP contribution in [-0.4, -0.2) is 23.8 Å². The van der Waals surface area contributed by atoms with Crippen LogP contribution in [0.25, 0.3) is 0 Å². The minimum absolute atomic E-state index is 0.0263. The molecule has 2 N–H and O–H groups in total. The smallest absolute Gasteiger partial charge is 0.0541 e. The van der Waals surface area contributed by atoms with Gasteiger partial charge in [0.1, 0.15) is 0 Å². The van der Waals surface area contributed by atoms with Gasteiger partial charge in [-0.1, -0.05) is 20.3 Å². The van der Waals surface area contributed by atoms with E-state index in [2.05, 4.69) is 19.2 Å². The van der Waals surface area contributed by atoms with E-state index in [1.807, 2.05) is 0 Å². The van der Waals surface area contributed by atoms with E-state index < -0.39 is 0 Å². The molecule has 0 spiro atoms. The lowest BCUT2D eigenvalue weighted by Crippen LogP contribution is -2.36. The summed E-state index contributed by atoms with van der Waals surface area (Å²) >= 11 is 0. The van der Waals surface area contributed by atoms with E-state index in [1.165, 1.54) is 6.42 Å². The zero-order valence-electron chi connectivity index (χ0n) is 8.92. The molecule has 13 heavy (non-hydrogen) atoms. The van der Waals surface area contributed by atoms with Gasteiger partial charge in [-0.05, 0) is 38.1 Å². The van der Waals surface area contributed by atoms with Crippen molar-refractivity contribution in [3.63, 3.8) is 0 Å². The van der Waals surface area contributed by atoms with Crippen LogP contribution in [0.3, 0.4) is 0 Å². The molecule has 0 aromatic rings. The fourth-order valence-corrected chi connectivity index (χ4v) is 1.79. The summed E-state index contributed by atoms with van der Waals surface area (Å²) in [7, 11) is 0. The Kier molecular flexibility index (Phi) is 4.74. The van der Waals surface area contributed by atoms with Crippen LogP contribution in [0.2, 0.25) is 0 Å². The Balaban J connectivity index is 2.08. The Morgan fingerprint density at radius 3 is 2.46 bits per heavy atom. The molecule has 78 valence electrons. The first kappa shape index (κ1) is 11.0. The van der Waals surface area contributed by atoms with Gasteiger partial charge in [0, 0.05) is 6.04 Å². The molecule has 1 aliphatic rings. The van der Waals surface area contributed by atoms with Crippen LogP contribution in [0.5, 0.6) is 0 Å². The highest BCUT2D eigenvalue weighted by Crippen LogP contribution is 2.18. The van der Waals surface area contributed by atoms with Gasteiger partial charge >= 0.3 is 0 Å². The zero-order chi connectivity index (χ0) is 9.68. The first-order valence-electron chi connectivity index (χ1n) is 5.63. The molecule has 0 saturated heterocycles. The lowest BCUT2D eigenvalue weighted by molar-refractivity contribution is 0.116. The van der Waals surface area contributed by atoms with Crippen molar-refractivity contribution >= 4 is 0 Å². The van der Waals surface area contributed by atoms with E-state index in [4.69, 9.17) is 0 Å². The lowest BCUT2D eigenvalue weighted by Gasteiger charge is -2.27. The number of hydrogen-bond donors (Lipinski definition) is 2. The predicted molar refractivity (Wildman–Crippen MR) is 55.7 cm³/mol. The second-order valence-electron chi connectivity index (χ2n) is 4.43. The summed E-state index contributed by atoms with van der Waals surface area (Å²) < 4.78 is 0. The third kappa shape index (κ3) is 4.10. The van der Waals surface area contributed by atoms with Gasteiger partial charge in [-0.3, -0.25) is 0 Å². The van der Waals surface area contributed by atoms with Crippen molar-refractivity contribution in [3.8, 4) is 0 Å². The van der Waals surface area contributed by atoms with Gasteiger partial charge in [0.2, 0.25) is 0 Å². The summed E-state index contributed by atoms with van der Waals surface area (Å²) in [5.74, 6) is 0.784. The van der Waals surface area contributed by atoms with E-state index in [1.54, 1.807) is 0 Å². The molecule has 0 radical (unpaired) electrons. The van der Waals surface area contributed by atoms with Crippen LogP contribution in [-0.2, 0) is 0 Å². The van der Waals surface area contributed by atoms with Crippen molar-refractivity contribution in [1.82, 2.24) is 5.32 Å². The predicted octanol–water partition coefficient (Wildman–Crippen LogP) is 1.93. The SMILES string of the molecule is CCC(C)CNC1CCC(O)CC1. The standard InChI is InChI=1S/C11H23NO/c1-3-9(2)8-12-10-4-6-11(13)7-5-10/h9-13H,3-8H2,1-2H3. The summed E-state index contributed by atoms with van der Waals surface area (Å²) in [6.07, 6.45) is 5.50. The number of aliphatic hydroxyl groups is 1. The van der Waals surface area contributed by atoms with Gasteiger partial charge in [-0.2, -0.15) is 0 Å². The van der Waals surface area contributed by atoms with Crippen LogP contribution in [0.15, 0.2) is 0 Å². The second kappa shape index (κ2) is 5.61. The molecule has 2 nitrogen and oxygen atoms in total. The Morgan fingerprint density at radius 1 is 1.31 bits per heavy atom. The number of aliphatic hydroxyl groups excluding tert-OH is 1. The summed E-state index contributed by atoms with van der Waals surface area (Å²) in [5, 5.41) is 12.9. The maximum atomic E-state index is 9.32. The van der Waals surface area contributed by atoms with Gasteiger partial charge < -0.3 is 10.4 Å². The average molecular weight is 185 g/mol. The molecule has 0 aromatic heterocycles.